The predicted molar refractivity (Wildman–Crippen MR) is 70.7 cm³/mol. The lowest BCUT2D eigenvalue weighted by Gasteiger charge is -2.49. The fourth-order valence-corrected chi connectivity index (χ4v) is 4.37. The van der Waals surface area contributed by atoms with Gasteiger partial charge in [0, 0.05) is 5.41 Å². The molecule has 0 radical (unpaired) electrons. The van der Waals surface area contributed by atoms with Crippen molar-refractivity contribution in [3.05, 3.63) is 0 Å². The second kappa shape index (κ2) is 5.61. The Bertz CT molecular complexity index is 512. The maximum Gasteiger partial charge on any atom is 0.485 e. The van der Waals surface area contributed by atoms with Crippen molar-refractivity contribution in [2.45, 2.75) is 44.2 Å². The maximum atomic E-state index is 10.7. The van der Waals surface area contributed by atoms with Gasteiger partial charge in [-0.1, -0.05) is 13.8 Å². The van der Waals surface area contributed by atoms with Crippen LogP contribution in [0.1, 0.15) is 33.1 Å². The van der Waals surface area contributed by atoms with Crippen LogP contribution in [0.3, 0.4) is 0 Å². The molecule has 0 aromatic rings. The Labute approximate surface area is 128 Å². The Morgan fingerprint density at radius 3 is 2.14 bits per heavy atom. The molecule has 130 valence electrons. The number of morpholine rings is 1. The molecule has 2 saturated carbocycles. The number of quaternary nitrogens is 1. The Balaban J connectivity index is 0.000000192. The van der Waals surface area contributed by atoms with Crippen molar-refractivity contribution in [2.24, 2.45) is 17.3 Å². The van der Waals surface area contributed by atoms with E-state index in [0.29, 0.717) is 5.41 Å². The van der Waals surface area contributed by atoms with E-state index in [-0.39, 0.29) is 5.60 Å². The summed E-state index contributed by atoms with van der Waals surface area (Å²) in [4.78, 5) is 0. The monoisotopic (exact) mass is 345 g/mol. The molecule has 3 aliphatic rings. The van der Waals surface area contributed by atoms with Gasteiger partial charge in [0.15, 0.2) is 10.1 Å². The van der Waals surface area contributed by atoms with Crippen LogP contribution in [0.25, 0.3) is 0 Å². The van der Waals surface area contributed by atoms with E-state index < -0.39 is 15.6 Å². The number of hydrogen-bond donors (Lipinski definition) is 1. The summed E-state index contributed by atoms with van der Waals surface area (Å²) in [7, 11) is -6.09. The second-order valence-corrected chi connectivity index (χ2v) is 8.22. The molecule has 2 N–H and O–H groups in total. The van der Waals surface area contributed by atoms with Gasteiger partial charge in [-0.05, 0) is 31.1 Å². The first kappa shape index (κ1) is 18.0. The SMILES string of the molecule is CC1(C)[C@@H]2CC[C@@H](C2)[C@]12C[NH2+]CCO2.O=S(=O)([O-])C(F)(F)F. The third-order valence-electron chi connectivity index (χ3n) is 5.62. The summed E-state index contributed by atoms with van der Waals surface area (Å²) in [6, 6.07) is 0. The zero-order chi connectivity index (χ0) is 16.8. The van der Waals surface area contributed by atoms with Crippen molar-refractivity contribution in [1.29, 1.82) is 0 Å². The Kier molecular flexibility index (Phi) is 4.58. The van der Waals surface area contributed by atoms with E-state index in [4.69, 9.17) is 17.7 Å². The van der Waals surface area contributed by atoms with Crippen LogP contribution in [0.2, 0.25) is 0 Å². The Morgan fingerprint density at radius 1 is 1.23 bits per heavy atom. The summed E-state index contributed by atoms with van der Waals surface area (Å²) in [6.07, 6.45) is 4.30. The van der Waals surface area contributed by atoms with Crippen molar-refractivity contribution in [3.8, 4) is 0 Å². The van der Waals surface area contributed by atoms with E-state index in [1.165, 1.54) is 25.8 Å². The van der Waals surface area contributed by atoms with Crippen LogP contribution in [0.4, 0.5) is 13.2 Å². The lowest BCUT2D eigenvalue weighted by molar-refractivity contribution is -0.691. The topological polar surface area (TPSA) is 83.0 Å². The van der Waals surface area contributed by atoms with Gasteiger partial charge in [0.25, 0.3) is 0 Å². The quantitative estimate of drug-likeness (QED) is 0.521. The van der Waals surface area contributed by atoms with Gasteiger partial charge in [-0.25, -0.2) is 8.42 Å². The number of rotatable bonds is 0. The van der Waals surface area contributed by atoms with E-state index in [2.05, 4.69) is 19.2 Å². The van der Waals surface area contributed by atoms with Crippen LogP contribution < -0.4 is 5.32 Å². The molecule has 3 rings (SSSR count). The molecule has 22 heavy (non-hydrogen) atoms. The Morgan fingerprint density at radius 2 is 1.77 bits per heavy atom. The van der Waals surface area contributed by atoms with Crippen molar-refractivity contribution in [2.75, 3.05) is 19.7 Å². The number of fused-ring (bicyclic) bond motifs is 3. The average Bonchev–Trinajstić information content (AvgIpc) is 2.93. The van der Waals surface area contributed by atoms with Crippen molar-refractivity contribution >= 4 is 10.1 Å². The van der Waals surface area contributed by atoms with Gasteiger partial charge < -0.3 is 14.6 Å². The van der Waals surface area contributed by atoms with Gasteiger partial charge in [0.1, 0.15) is 12.1 Å². The first-order valence-corrected chi connectivity index (χ1v) is 8.80. The number of ether oxygens (including phenoxy) is 1. The molecule has 1 spiro atoms. The molecule has 0 amide bonds. The summed E-state index contributed by atoms with van der Waals surface area (Å²) in [5.41, 5.74) is -4.99. The molecule has 9 heteroatoms. The average molecular weight is 345 g/mol. The van der Waals surface area contributed by atoms with Crippen molar-refractivity contribution in [1.82, 2.24) is 0 Å². The van der Waals surface area contributed by atoms with Gasteiger partial charge in [-0.2, -0.15) is 13.2 Å². The summed E-state index contributed by atoms with van der Waals surface area (Å²) in [6.45, 7) is 8.22. The molecular weight excluding hydrogens is 323 g/mol. The number of nitrogens with two attached hydrogens (primary N) is 1. The van der Waals surface area contributed by atoms with Gasteiger partial charge in [0.05, 0.1) is 13.2 Å². The molecule has 3 fully saturated rings. The number of halogens is 3. The lowest BCUT2D eigenvalue weighted by atomic mass is 9.65. The summed E-state index contributed by atoms with van der Waals surface area (Å²) in [5, 5.41) is 2.46. The van der Waals surface area contributed by atoms with E-state index in [1.807, 2.05) is 0 Å². The largest absolute Gasteiger partial charge is 0.741 e. The minimum atomic E-state index is -6.09. The fraction of sp³-hybridized carbons (Fsp3) is 1.00. The first-order valence-electron chi connectivity index (χ1n) is 7.39. The van der Waals surface area contributed by atoms with Crippen LogP contribution >= 0.6 is 0 Å². The lowest BCUT2D eigenvalue weighted by Crippen LogP contribution is -2.93. The van der Waals surface area contributed by atoms with E-state index in [1.54, 1.807) is 0 Å². The smallest absolute Gasteiger partial charge is 0.485 e. The fourth-order valence-electron chi connectivity index (χ4n) is 4.37. The van der Waals surface area contributed by atoms with Gasteiger partial charge in [-0.15, -0.1) is 0 Å². The molecule has 1 aliphatic heterocycles. The minimum Gasteiger partial charge on any atom is -0.741 e. The highest BCUT2D eigenvalue weighted by Gasteiger charge is 2.65. The predicted octanol–water partition coefficient (Wildman–Crippen LogP) is 0.826. The molecule has 2 bridgehead atoms. The summed E-state index contributed by atoms with van der Waals surface area (Å²) < 4.78 is 65.1. The number of alkyl halides is 3. The third kappa shape index (κ3) is 2.88. The Hall–Kier alpha value is -0.380. The van der Waals surface area contributed by atoms with E-state index >= 15 is 0 Å². The zero-order valence-electron chi connectivity index (χ0n) is 12.6. The van der Waals surface area contributed by atoms with Crippen molar-refractivity contribution in [3.63, 3.8) is 0 Å². The van der Waals surface area contributed by atoms with Gasteiger partial charge in [-0.3, -0.25) is 0 Å². The molecule has 0 aromatic carbocycles. The minimum absolute atomic E-state index is 0.230. The van der Waals surface area contributed by atoms with E-state index in [9.17, 15) is 13.2 Å². The van der Waals surface area contributed by atoms with Gasteiger partial charge in [0.2, 0.25) is 0 Å². The molecular formula is C13H22F3NO4S. The maximum absolute atomic E-state index is 10.7. The van der Waals surface area contributed by atoms with Crippen LogP contribution in [-0.2, 0) is 14.9 Å². The van der Waals surface area contributed by atoms with Crippen molar-refractivity contribution < 1.29 is 36.2 Å². The molecule has 0 aromatic heterocycles. The van der Waals surface area contributed by atoms with Crippen LogP contribution in [0.15, 0.2) is 0 Å². The highest BCUT2D eigenvalue weighted by molar-refractivity contribution is 7.86. The molecule has 5 nitrogen and oxygen atoms in total. The summed E-state index contributed by atoms with van der Waals surface area (Å²) >= 11 is 0. The molecule has 1 heterocycles. The first-order chi connectivity index (χ1) is 9.92. The van der Waals surface area contributed by atoms with Crippen LogP contribution in [0, 0.1) is 17.3 Å². The normalized spacial score (nSPS) is 37.0. The molecule has 3 atom stereocenters. The van der Waals surface area contributed by atoms with E-state index in [0.717, 1.165) is 25.0 Å². The van der Waals surface area contributed by atoms with Gasteiger partial charge >= 0.3 is 5.51 Å². The standard InChI is InChI=1S/C12H21NO.CHF3O3S/c1-11(2)9-3-4-10(7-9)12(11)8-13-5-6-14-12;2-1(3,4)8(5,6)7/h9-10,13H,3-8H2,1-2H3;(H,5,6,7)/t9-,10+,12-;/m1./s1. The van der Waals surface area contributed by atoms with Crippen LogP contribution in [-0.4, -0.2) is 43.8 Å². The summed E-state index contributed by atoms with van der Waals surface area (Å²) in [5.74, 6) is 1.79. The zero-order valence-corrected chi connectivity index (χ0v) is 13.5. The second-order valence-electron chi connectivity index (χ2n) is 6.85. The van der Waals surface area contributed by atoms with Crippen LogP contribution in [0.5, 0.6) is 0 Å². The number of hydrogen-bond acceptors (Lipinski definition) is 4. The highest BCUT2D eigenvalue weighted by Crippen LogP contribution is 2.62. The third-order valence-corrected chi connectivity index (χ3v) is 6.18. The molecule has 0 unspecified atom stereocenters. The molecule has 1 saturated heterocycles. The highest BCUT2D eigenvalue weighted by atomic mass is 32.2. The molecule has 2 aliphatic carbocycles.